The largest absolute Gasteiger partial charge is 0.376 e. The molecule has 0 saturated heterocycles. The van der Waals surface area contributed by atoms with E-state index < -0.39 is 0 Å². The van der Waals surface area contributed by atoms with E-state index in [1.807, 2.05) is 18.2 Å². The molecule has 0 spiro atoms. The van der Waals surface area contributed by atoms with Gasteiger partial charge in [0.1, 0.15) is 0 Å². The molecule has 0 saturated carbocycles. The average Bonchev–Trinajstić information content (AvgIpc) is 2.42. The quantitative estimate of drug-likeness (QED) is 0.648. The van der Waals surface area contributed by atoms with Crippen molar-refractivity contribution in [2.75, 3.05) is 26.3 Å². The van der Waals surface area contributed by atoms with Gasteiger partial charge in [-0.3, -0.25) is 0 Å². The molecule has 0 fully saturated rings. The van der Waals surface area contributed by atoms with Crippen LogP contribution in [0.2, 0.25) is 0 Å². The first-order chi connectivity index (χ1) is 9.29. The number of benzene rings is 1. The monoisotopic (exact) mass is 261 g/mol. The maximum Gasteiger partial charge on any atom is 0.0651 e. The van der Waals surface area contributed by atoms with E-state index in [0.29, 0.717) is 6.61 Å². The minimum Gasteiger partial charge on any atom is -0.376 e. The maximum absolute atomic E-state index is 5.53. The van der Waals surface area contributed by atoms with Gasteiger partial charge in [0, 0.05) is 6.54 Å². The smallest absolute Gasteiger partial charge is 0.0651 e. The van der Waals surface area contributed by atoms with Gasteiger partial charge >= 0.3 is 0 Å². The van der Waals surface area contributed by atoms with Gasteiger partial charge in [0.2, 0.25) is 0 Å². The SMILES string of the molecule is CC(C)CCCNCCOCC=Cc1ccccc1. The topological polar surface area (TPSA) is 21.3 Å². The van der Waals surface area contributed by atoms with Crippen LogP contribution in [0.25, 0.3) is 6.08 Å². The fraction of sp³-hybridized carbons (Fsp3) is 0.529. The van der Waals surface area contributed by atoms with Gasteiger partial charge in [0.15, 0.2) is 0 Å². The van der Waals surface area contributed by atoms with Crippen molar-refractivity contribution in [3.05, 3.63) is 42.0 Å². The molecule has 0 aromatic heterocycles. The highest BCUT2D eigenvalue weighted by molar-refractivity contribution is 5.48. The van der Waals surface area contributed by atoms with Gasteiger partial charge in [0.05, 0.1) is 13.2 Å². The van der Waals surface area contributed by atoms with Crippen molar-refractivity contribution in [2.45, 2.75) is 26.7 Å². The van der Waals surface area contributed by atoms with Crippen molar-refractivity contribution >= 4 is 6.08 Å². The summed E-state index contributed by atoms with van der Waals surface area (Å²) in [4.78, 5) is 0. The van der Waals surface area contributed by atoms with Gasteiger partial charge in [-0.25, -0.2) is 0 Å². The lowest BCUT2D eigenvalue weighted by atomic mass is 10.1. The van der Waals surface area contributed by atoms with Gasteiger partial charge in [0.25, 0.3) is 0 Å². The van der Waals surface area contributed by atoms with Gasteiger partial charge in [-0.15, -0.1) is 0 Å². The molecule has 0 radical (unpaired) electrons. The van der Waals surface area contributed by atoms with Crippen molar-refractivity contribution < 1.29 is 4.74 Å². The van der Waals surface area contributed by atoms with E-state index in [9.17, 15) is 0 Å². The van der Waals surface area contributed by atoms with Crippen molar-refractivity contribution in [3.63, 3.8) is 0 Å². The first-order valence-electron chi connectivity index (χ1n) is 7.29. The van der Waals surface area contributed by atoms with Crippen LogP contribution in [0, 0.1) is 5.92 Å². The number of rotatable bonds is 10. The Kier molecular flexibility index (Phi) is 9.03. The summed E-state index contributed by atoms with van der Waals surface area (Å²) in [5.74, 6) is 0.807. The number of hydrogen-bond acceptors (Lipinski definition) is 2. The Labute approximate surface area is 117 Å². The van der Waals surface area contributed by atoms with E-state index in [4.69, 9.17) is 4.74 Å². The van der Waals surface area contributed by atoms with Crippen LogP contribution in [0.3, 0.4) is 0 Å². The molecule has 0 amide bonds. The zero-order valence-electron chi connectivity index (χ0n) is 12.3. The zero-order valence-corrected chi connectivity index (χ0v) is 12.3. The lowest BCUT2D eigenvalue weighted by molar-refractivity contribution is 0.164. The summed E-state index contributed by atoms with van der Waals surface area (Å²) in [5, 5.41) is 3.40. The summed E-state index contributed by atoms with van der Waals surface area (Å²) in [6, 6.07) is 10.3. The van der Waals surface area contributed by atoms with Crippen LogP contribution in [0.1, 0.15) is 32.3 Å². The van der Waals surface area contributed by atoms with Crippen LogP contribution in [0.5, 0.6) is 0 Å². The van der Waals surface area contributed by atoms with Crippen LogP contribution in [0.15, 0.2) is 36.4 Å². The molecule has 1 N–H and O–H groups in total. The van der Waals surface area contributed by atoms with Crippen LogP contribution < -0.4 is 5.32 Å². The predicted octanol–water partition coefficient (Wildman–Crippen LogP) is 3.74. The third-order valence-electron chi connectivity index (χ3n) is 2.88. The Morgan fingerprint density at radius 2 is 1.95 bits per heavy atom. The molecule has 106 valence electrons. The van der Waals surface area contributed by atoms with E-state index in [1.165, 1.54) is 18.4 Å². The van der Waals surface area contributed by atoms with Crippen LogP contribution >= 0.6 is 0 Å². The summed E-state index contributed by atoms with van der Waals surface area (Å²) < 4.78 is 5.53. The fourth-order valence-corrected chi connectivity index (χ4v) is 1.80. The molecule has 0 unspecified atom stereocenters. The molecule has 1 aromatic carbocycles. The van der Waals surface area contributed by atoms with Crippen LogP contribution in [-0.2, 0) is 4.74 Å². The van der Waals surface area contributed by atoms with Crippen molar-refractivity contribution in [3.8, 4) is 0 Å². The molecule has 0 aliphatic rings. The predicted molar refractivity (Wildman–Crippen MR) is 83.2 cm³/mol. The molecule has 1 aromatic rings. The van der Waals surface area contributed by atoms with Crippen LogP contribution in [-0.4, -0.2) is 26.3 Å². The standard InChI is InChI=1S/C17H27NO/c1-16(2)8-6-12-18-13-15-19-14-7-11-17-9-4-3-5-10-17/h3-5,7,9-11,16,18H,6,8,12-15H2,1-2H3. The second-order valence-electron chi connectivity index (χ2n) is 5.17. The molecule has 0 heterocycles. The van der Waals surface area contributed by atoms with Crippen molar-refractivity contribution in [1.82, 2.24) is 5.32 Å². The summed E-state index contributed by atoms with van der Waals surface area (Å²) in [7, 11) is 0. The highest BCUT2D eigenvalue weighted by atomic mass is 16.5. The minimum atomic E-state index is 0.683. The molecule has 1 rings (SSSR count). The maximum atomic E-state index is 5.53. The Hall–Kier alpha value is -1.12. The number of nitrogens with one attached hydrogen (secondary N) is 1. The molecule has 0 bridgehead atoms. The summed E-state index contributed by atoms with van der Waals surface area (Å²) in [6.45, 7) is 8.03. The summed E-state index contributed by atoms with van der Waals surface area (Å²) in [6.07, 6.45) is 6.71. The minimum absolute atomic E-state index is 0.683. The van der Waals surface area contributed by atoms with Crippen molar-refractivity contribution in [1.29, 1.82) is 0 Å². The van der Waals surface area contributed by atoms with Gasteiger partial charge in [-0.1, -0.05) is 56.3 Å². The molecular formula is C17H27NO. The Morgan fingerprint density at radius 3 is 2.68 bits per heavy atom. The molecule has 0 aliphatic carbocycles. The Balaban J connectivity index is 1.90. The van der Waals surface area contributed by atoms with E-state index in [0.717, 1.165) is 25.6 Å². The van der Waals surface area contributed by atoms with E-state index in [2.05, 4.69) is 43.4 Å². The van der Waals surface area contributed by atoms with Gasteiger partial charge in [-0.05, 0) is 30.9 Å². The molecule has 2 nitrogen and oxygen atoms in total. The molecular weight excluding hydrogens is 234 g/mol. The molecule has 0 atom stereocenters. The van der Waals surface area contributed by atoms with E-state index in [1.54, 1.807) is 0 Å². The van der Waals surface area contributed by atoms with Crippen LogP contribution in [0.4, 0.5) is 0 Å². The third-order valence-corrected chi connectivity index (χ3v) is 2.88. The molecule has 0 aliphatic heterocycles. The Morgan fingerprint density at radius 1 is 1.16 bits per heavy atom. The number of ether oxygens (including phenoxy) is 1. The normalized spacial score (nSPS) is 11.5. The fourth-order valence-electron chi connectivity index (χ4n) is 1.80. The lowest BCUT2D eigenvalue weighted by Crippen LogP contribution is -2.21. The first kappa shape index (κ1) is 15.9. The third kappa shape index (κ3) is 9.46. The summed E-state index contributed by atoms with van der Waals surface area (Å²) >= 11 is 0. The van der Waals surface area contributed by atoms with Crippen molar-refractivity contribution in [2.24, 2.45) is 5.92 Å². The van der Waals surface area contributed by atoms with E-state index in [-0.39, 0.29) is 0 Å². The molecule has 19 heavy (non-hydrogen) atoms. The zero-order chi connectivity index (χ0) is 13.8. The second kappa shape index (κ2) is 10.8. The van der Waals surface area contributed by atoms with Gasteiger partial charge in [-0.2, -0.15) is 0 Å². The molecule has 2 heteroatoms. The average molecular weight is 261 g/mol. The Bertz CT molecular complexity index is 332. The summed E-state index contributed by atoms with van der Waals surface area (Å²) in [5.41, 5.74) is 1.22. The lowest BCUT2D eigenvalue weighted by Gasteiger charge is -2.06. The first-order valence-corrected chi connectivity index (χ1v) is 7.29. The van der Waals surface area contributed by atoms with Gasteiger partial charge < -0.3 is 10.1 Å². The second-order valence-corrected chi connectivity index (χ2v) is 5.17. The highest BCUT2D eigenvalue weighted by Crippen LogP contribution is 2.01. The highest BCUT2D eigenvalue weighted by Gasteiger charge is 1.93. The number of hydrogen-bond donors (Lipinski definition) is 1. The van der Waals surface area contributed by atoms with E-state index >= 15 is 0 Å².